The molecule has 3 N–H and O–H groups in total. The van der Waals surface area contributed by atoms with Crippen LogP contribution in [0.3, 0.4) is 0 Å². The predicted molar refractivity (Wildman–Crippen MR) is 92.3 cm³/mol. The SMILES string of the molecule is CC(=O)Nc1ccc2c(c1)C(c1ccccc1Cl)=NC(O)CN2. The number of benzodiazepines with no additional fused rings is 1. The maximum atomic E-state index is 11.3. The fraction of sp³-hybridized carbons (Fsp3) is 0.176. The summed E-state index contributed by atoms with van der Waals surface area (Å²) in [6.45, 7) is 1.76. The minimum absolute atomic E-state index is 0.150. The molecule has 0 saturated carbocycles. The third-order valence-electron chi connectivity index (χ3n) is 3.48. The quantitative estimate of drug-likeness (QED) is 0.793. The number of hydrogen-bond donors (Lipinski definition) is 3. The van der Waals surface area contributed by atoms with Gasteiger partial charge in [-0.25, -0.2) is 0 Å². The highest BCUT2D eigenvalue weighted by Gasteiger charge is 2.20. The monoisotopic (exact) mass is 329 g/mol. The summed E-state index contributed by atoms with van der Waals surface area (Å²) in [6.07, 6.45) is -0.877. The summed E-state index contributed by atoms with van der Waals surface area (Å²) >= 11 is 6.30. The lowest BCUT2D eigenvalue weighted by molar-refractivity contribution is -0.114. The number of rotatable bonds is 2. The average molecular weight is 330 g/mol. The fourth-order valence-electron chi connectivity index (χ4n) is 2.51. The second kappa shape index (κ2) is 6.40. The van der Waals surface area contributed by atoms with Crippen LogP contribution in [0.15, 0.2) is 47.5 Å². The van der Waals surface area contributed by atoms with Crippen LogP contribution in [-0.2, 0) is 4.79 Å². The van der Waals surface area contributed by atoms with E-state index in [0.29, 0.717) is 23.0 Å². The van der Waals surface area contributed by atoms with Crippen molar-refractivity contribution in [3.8, 4) is 0 Å². The smallest absolute Gasteiger partial charge is 0.221 e. The van der Waals surface area contributed by atoms with Gasteiger partial charge in [-0.05, 0) is 24.3 Å². The van der Waals surface area contributed by atoms with E-state index >= 15 is 0 Å². The third kappa shape index (κ3) is 3.36. The molecule has 0 radical (unpaired) electrons. The number of β-amino-alcohol motifs (C(OH)–C–C–N with tert-alkyl or cyclic N) is 1. The molecule has 0 saturated heterocycles. The Bertz CT molecular complexity index is 789. The van der Waals surface area contributed by atoms with Gasteiger partial charge in [0.2, 0.25) is 5.91 Å². The van der Waals surface area contributed by atoms with Crippen LogP contribution in [0.25, 0.3) is 0 Å². The van der Waals surface area contributed by atoms with Crippen LogP contribution in [-0.4, -0.2) is 29.5 Å². The molecule has 0 aliphatic carbocycles. The van der Waals surface area contributed by atoms with Crippen LogP contribution < -0.4 is 10.6 Å². The highest BCUT2D eigenvalue weighted by molar-refractivity contribution is 6.36. The summed E-state index contributed by atoms with van der Waals surface area (Å²) in [7, 11) is 0. The number of halogens is 1. The number of amides is 1. The number of benzene rings is 2. The highest BCUT2D eigenvalue weighted by atomic mass is 35.5. The summed E-state index contributed by atoms with van der Waals surface area (Å²) in [5.74, 6) is -0.150. The lowest BCUT2D eigenvalue weighted by atomic mass is 10.00. The number of carbonyl (C=O) groups is 1. The van der Waals surface area contributed by atoms with E-state index in [2.05, 4.69) is 15.6 Å². The van der Waals surface area contributed by atoms with E-state index in [-0.39, 0.29) is 5.91 Å². The molecule has 1 atom stereocenters. The van der Waals surface area contributed by atoms with Crippen LogP contribution in [0.2, 0.25) is 5.02 Å². The van der Waals surface area contributed by atoms with Crippen molar-refractivity contribution in [1.29, 1.82) is 0 Å². The molecule has 0 fully saturated rings. The second-order valence-corrected chi connectivity index (χ2v) is 5.67. The topological polar surface area (TPSA) is 73.7 Å². The Morgan fingerprint density at radius 1 is 1.30 bits per heavy atom. The van der Waals surface area contributed by atoms with Crippen molar-refractivity contribution in [3.63, 3.8) is 0 Å². The van der Waals surface area contributed by atoms with Crippen LogP contribution in [0.5, 0.6) is 0 Å². The number of carbonyl (C=O) groups excluding carboxylic acids is 1. The van der Waals surface area contributed by atoms with Gasteiger partial charge in [-0.15, -0.1) is 0 Å². The Balaban J connectivity index is 2.15. The Kier molecular flexibility index (Phi) is 4.32. The molecular weight excluding hydrogens is 314 g/mol. The van der Waals surface area contributed by atoms with Gasteiger partial charge in [0.25, 0.3) is 0 Å². The van der Waals surface area contributed by atoms with E-state index in [1.165, 1.54) is 6.92 Å². The average Bonchev–Trinajstić information content (AvgIpc) is 2.67. The summed E-state index contributed by atoms with van der Waals surface area (Å²) < 4.78 is 0. The van der Waals surface area contributed by atoms with Crippen LogP contribution in [0.4, 0.5) is 11.4 Å². The van der Waals surface area contributed by atoms with Gasteiger partial charge in [-0.3, -0.25) is 9.79 Å². The molecule has 1 unspecified atom stereocenters. The lowest BCUT2D eigenvalue weighted by Crippen LogP contribution is -2.15. The number of anilines is 2. The first-order valence-electron chi connectivity index (χ1n) is 7.21. The molecule has 118 valence electrons. The van der Waals surface area contributed by atoms with Crippen molar-refractivity contribution < 1.29 is 9.90 Å². The number of aliphatic hydroxyl groups excluding tert-OH is 1. The number of nitrogens with zero attached hydrogens (tertiary/aromatic N) is 1. The number of nitrogens with one attached hydrogen (secondary N) is 2. The minimum atomic E-state index is -0.877. The van der Waals surface area contributed by atoms with Crippen molar-refractivity contribution in [1.82, 2.24) is 0 Å². The molecule has 6 heteroatoms. The molecule has 5 nitrogen and oxygen atoms in total. The van der Waals surface area contributed by atoms with Gasteiger partial charge in [-0.1, -0.05) is 29.8 Å². The molecule has 2 aromatic rings. The summed E-state index contributed by atoms with van der Waals surface area (Å²) in [6, 6.07) is 12.8. The van der Waals surface area contributed by atoms with Gasteiger partial charge < -0.3 is 15.7 Å². The van der Waals surface area contributed by atoms with Gasteiger partial charge in [0, 0.05) is 34.4 Å². The van der Waals surface area contributed by atoms with Gasteiger partial charge in [0.05, 0.1) is 12.3 Å². The van der Waals surface area contributed by atoms with E-state index in [0.717, 1.165) is 16.8 Å². The maximum absolute atomic E-state index is 11.3. The Hall–Kier alpha value is -2.37. The Morgan fingerprint density at radius 3 is 2.83 bits per heavy atom. The molecule has 1 aliphatic rings. The number of aliphatic imine (C=N–C) groups is 1. The van der Waals surface area contributed by atoms with E-state index < -0.39 is 6.23 Å². The molecule has 1 aliphatic heterocycles. The van der Waals surface area contributed by atoms with Gasteiger partial charge in [0.15, 0.2) is 6.23 Å². The zero-order valence-electron chi connectivity index (χ0n) is 12.5. The normalized spacial score (nSPS) is 16.7. The zero-order chi connectivity index (χ0) is 16.4. The molecule has 23 heavy (non-hydrogen) atoms. The molecule has 0 spiro atoms. The molecule has 3 rings (SSSR count). The highest BCUT2D eigenvalue weighted by Crippen LogP contribution is 2.29. The van der Waals surface area contributed by atoms with Crippen molar-refractivity contribution in [2.75, 3.05) is 17.2 Å². The first-order chi connectivity index (χ1) is 11.0. The van der Waals surface area contributed by atoms with E-state index in [9.17, 15) is 9.90 Å². The fourth-order valence-corrected chi connectivity index (χ4v) is 2.73. The van der Waals surface area contributed by atoms with E-state index in [1.54, 1.807) is 12.1 Å². The Labute approximate surface area is 139 Å². The van der Waals surface area contributed by atoms with Crippen LogP contribution in [0.1, 0.15) is 18.1 Å². The largest absolute Gasteiger partial charge is 0.380 e. The predicted octanol–water partition coefficient (Wildman–Crippen LogP) is 2.88. The summed E-state index contributed by atoms with van der Waals surface area (Å²) in [5, 5.41) is 16.5. The van der Waals surface area contributed by atoms with Gasteiger partial charge in [0.1, 0.15) is 0 Å². The maximum Gasteiger partial charge on any atom is 0.221 e. The number of fused-ring (bicyclic) bond motifs is 1. The molecular formula is C17H16ClN3O2. The molecule has 1 heterocycles. The number of hydrogen-bond acceptors (Lipinski definition) is 4. The second-order valence-electron chi connectivity index (χ2n) is 5.26. The van der Waals surface area contributed by atoms with Crippen molar-refractivity contribution in [2.45, 2.75) is 13.2 Å². The standard InChI is InChI=1S/C17H16ClN3O2/c1-10(22)20-11-6-7-15-13(8-11)17(21-16(23)9-19-15)12-4-2-3-5-14(12)18/h2-8,16,19,23H,9H2,1H3,(H,20,22). The van der Waals surface area contributed by atoms with Crippen molar-refractivity contribution in [3.05, 3.63) is 58.6 Å². The molecule has 1 amide bonds. The number of aliphatic hydroxyl groups is 1. The molecule has 0 bridgehead atoms. The minimum Gasteiger partial charge on any atom is -0.380 e. The molecule has 2 aromatic carbocycles. The summed E-state index contributed by atoms with van der Waals surface area (Å²) in [4.78, 5) is 15.7. The lowest BCUT2D eigenvalue weighted by Gasteiger charge is -2.13. The Morgan fingerprint density at radius 2 is 2.09 bits per heavy atom. The van der Waals surface area contributed by atoms with Gasteiger partial charge >= 0.3 is 0 Å². The van der Waals surface area contributed by atoms with E-state index in [1.807, 2.05) is 30.3 Å². The first-order valence-corrected chi connectivity index (χ1v) is 7.59. The van der Waals surface area contributed by atoms with Gasteiger partial charge in [-0.2, -0.15) is 0 Å². The van der Waals surface area contributed by atoms with Crippen molar-refractivity contribution in [2.24, 2.45) is 4.99 Å². The van der Waals surface area contributed by atoms with E-state index in [4.69, 9.17) is 11.6 Å². The summed E-state index contributed by atoms with van der Waals surface area (Å²) in [5.41, 5.74) is 3.60. The zero-order valence-corrected chi connectivity index (χ0v) is 13.3. The van der Waals surface area contributed by atoms with Crippen molar-refractivity contribution >= 4 is 34.6 Å². The van der Waals surface area contributed by atoms with Crippen LogP contribution >= 0.6 is 11.6 Å². The third-order valence-corrected chi connectivity index (χ3v) is 3.81. The van der Waals surface area contributed by atoms with Crippen LogP contribution in [0, 0.1) is 0 Å². The molecule has 0 aromatic heterocycles. The first kappa shape index (κ1) is 15.5.